The standard InChI is InChI=1S/C21H24FN3O3/c1-21(2,3)28-20(26)25-17(12-13-9-10-18(27-4)14(22)11-13)19-23-15-7-5-6-8-16(15)24-19/h5-11,17H,12H2,1-4H3,(H,23,24)(H,25,26). The fourth-order valence-electron chi connectivity index (χ4n) is 2.88. The maximum atomic E-state index is 14.1. The molecule has 1 unspecified atom stereocenters. The number of aromatic amines is 1. The highest BCUT2D eigenvalue weighted by molar-refractivity contribution is 5.75. The van der Waals surface area contributed by atoms with Crippen molar-refractivity contribution in [2.24, 2.45) is 0 Å². The molecular weight excluding hydrogens is 361 g/mol. The van der Waals surface area contributed by atoms with Gasteiger partial charge in [-0.05, 0) is 50.6 Å². The van der Waals surface area contributed by atoms with Gasteiger partial charge in [0, 0.05) is 6.42 Å². The predicted molar refractivity (Wildman–Crippen MR) is 105 cm³/mol. The van der Waals surface area contributed by atoms with Crippen LogP contribution in [0.25, 0.3) is 11.0 Å². The van der Waals surface area contributed by atoms with Gasteiger partial charge in [-0.2, -0.15) is 0 Å². The Bertz CT molecular complexity index is 945. The third-order valence-corrected chi connectivity index (χ3v) is 4.08. The van der Waals surface area contributed by atoms with Gasteiger partial charge in [0.25, 0.3) is 0 Å². The topological polar surface area (TPSA) is 76.2 Å². The maximum absolute atomic E-state index is 14.1. The molecule has 1 atom stereocenters. The summed E-state index contributed by atoms with van der Waals surface area (Å²) in [5, 5.41) is 2.84. The van der Waals surface area contributed by atoms with E-state index in [1.807, 2.05) is 24.3 Å². The van der Waals surface area contributed by atoms with E-state index >= 15 is 0 Å². The number of aromatic nitrogens is 2. The Kier molecular flexibility index (Phi) is 5.53. The van der Waals surface area contributed by atoms with Crippen molar-refractivity contribution in [1.82, 2.24) is 15.3 Å². The lowest BCUT2D eigenvalue weighted by molar-refractivity contribution is 0.0501. The summed E-state index contributed by atoms with van der Waals surface area (Å²) >= 11 is 0. The summed E-state index contributed by atoms with van der Waals surface area (Å²) in [7, 11) is 1.42. The van der Waals surface area contributed by atoms with Crippen LogP contribution in [0.15, 0.2) is 42.5 Å². The number of benzene rings is 2. The van der Waals surface area contributed by atoms with Crippen LogP contribution in [0.4, 0.5) is 9.18 Å². The predicted octanol–water partition coefficient (Wildman–Crippen LogP) is 4.52. The van der Waals surface area contributed by atoms with Crippen LogP contribution >= 0.6 is 0 Å². The Morgan fingerprint density at radius 2 is 2.00 bits per heavy atom. The van der Waals surface area contributed by atoms with Crippen molar-refractivity contribution in [2.75, 3.05) is 7.11 Å². The summed E-state index contributed by atoms with van der Waals surface area (Å²) in [5.74, 6) is 0.285. The number of nitrogens with zero attached hydrogens (tertiary/aromatic N) is 1. The molecule has 0 spiro atoms. The van der Waals surface area contributed by atoms with Gasteiger partial charge in [0.1, 0.15) is 11.4 Å². The smallest absolute Gasteiger partial charge is 0.408 e. The van der Waals surface area contributed by atoms with Gasteiger partial charge in [-0.25, -0.2) is 14.2 Å². The molecule has 0 aliphatic heterocycles. The van der Waals surface area contributed by atoms with Crippen LogP contribution in [0.5, 0.6) is 5.75 Å². The summed E-state index contributed by atoms with van der Waals surface area (Å²) in [6.45, 7) is 5.38. The van der Waals surface area contributed by atoms with Gasteiger partial charge in [0.2, 0.25) is 0 Å². The second-order valence-corrected chi connectivity index (χ2v) is 7.51. The van der Waals surface area contributed by atoms with Gasteiger partial charge >= 0.3 is 6.09 Å². The Morgan fingerprint density at radius 3 is 2.64 bits per heavy atom. The lowest BCUT2D eigenvalue weighted by Crippen LogP contribution is -2.36. The van der Waals surface area contributed by atoms with Crippen molar-refractivity contribution in [3.63, 3.8) is 0 Å². The minimum absolute atomic E-state index is 0.170. The Balaban J connectivity index is 1.89. The monoisotopic (exact) mass is 385 g/mol. The first-order valence-electron chi connectivity index (χ1n) is 9.02. The van der Waals surface area contributed by atoms with E-state index in [1.165, 1.54) is 13.2 Å². The fourth-order valence-corrected chi connectivity index (χ4v) is 2.88. The van der Waals surface area contributed by atoms with E-state index in [-0.39, 0.29) is 5.75 Å². The number of nitrogens with one attached hydrogen (secondary N) is 2. The number of carbonyl (C=O) groups excluding carboxylic acids is 1. The van der Waals surface area contributed by atoms with Crippen molar-refractivity contribution in [3.05, 3.63) is 59.7 Å². The summed E-state index contributed by atoms with van der Waals surface area (Å²) in [4.78, 5) is 20.1. The number of hydrogen-bond acceptors (Lipinski definition) is 4. The third-order valence-electron chi connectivity index (χ3n) is 4.08. The molecule has 0 radical (unpaired) electrons. The van der Waals surface area contributed by atoms with Crippen molar-refractivity contribution in [3.8, 4) is 5.75 Å². The zero-order valence-electron chi connectivity index (χ0n) is 16.4. The zero-order valence-corrected chi connectivity index (χ0v) is 16.4. The molecule has 148 valence electrons. The van der Waals surface area contributed by atoms with E-state index in [0.717, 1.165) is 11.0 Å². The number of imidazole rings is 1. The first-order valence-corrected chi connectivity index (χ1v) is 9.02. The summed E-state index contributed by atoms with van der Waals surface area (Å²) in [6.07, 6.45) is -0.230. The normalized spacial score (nSPS) is 12.6. The molecule has 7 heteroatoms. The highest BCUT2D eigenvalue weighted by Crippen LogP contribution is 2.24. The van der Waals surface area contributed by atoms with E-state index < -0.39 is 23.6 Å². The molecule has 0 aliphatic rings. The molecular formula is C21H24FN3O3. The molecule has 3 aromatic rings. The molecule has 0 aliphatic carbocycles. The van der Waals surface area contributed by atoms with Gasteiger partial charge in [0.05, 0.1) is 24.2 Å². The average molecular weight is 385 g/mol. The number of halogens is 1. The number of rotatable bonds is 5. The lowest BCUT2D eigenvalue weighted by atomic mass is 10.0. The van der Waals surface area contributed by atoms with Crippen molar-refractivity contribution < 1.29 is 18.7 Å². The van der Waals surface area contributed by atoms with Crippen LogP contribution in [0.1, 0.15) is 38.2 Å². The zero-order chi connectivity index (χ0) is 20.3. The minimum Gasteiger partial charge on any atom is -0.494 e. The van der Waals surface area contributed by atoms with Crippen LogP contribution in [0.3, 0.4) is 0 Å². The van der Waals surface area contributed by atoms with Crippen LogP contribution < -0.4 is 10.1 Å². The van der Waals surface area contributed by atoms with E-state index in [9.17, 15) is 9.18 Å². The first kappa shape index (κ1) is 19.7. The van der Waals surface area contributed by atoms with E-state index in [4.69, 9.17) is 9.47 Å². The van der Waals surface area contributed by atoms with Gasteiger partial charge in [0.15, 0.2) is 11.6 Å². The number of alkyl carbamates (subject to hydrolysis) is 1. The molecule has 6 nitrogen and oxygen atoms in total. The number of fused-ring (bicyclic) bond motifs is 1. The fraction of sp³-hybridized carbons (Fsp3) is 0.333. The number of hydrogen-bond donors (Lipinski definition) is 2. The molecule has 2 N–H and O–H groups in total. The highest BCUT2D eigenvalue weighted by atomic mass is 19.1. The van der Waals surface area contributed by atoms with Crippen molar-refractivity contribution in [1.29, 1.82) is 0 Å². The molecule has 3 rings (SSSR count). The van der Waals surface area contributed by atoms with E-state index in [1.54, 1.807) is 32.9 Å². The molecule has 0 fully saturated rings. The van der Waals surface area contributed by atoms with Crippen LogP contribution in [-0.2, 0) is 11.2 Å². The lowest BCUT2D eigenvalue weighted by Gasteiger charge is -2.23. The molecule has 0 saturated heterocycles. The van der Waals surface area contributed by atoms with Gasteiger partial charge in [-0.3, -0.25) is 0 Å². The SMILES string of the molecule is COc1ccc(CC(NC(=O)OC(C)(C)C)c2nc3ccccc3[nH]2)cc1F. The molecule has 0 saturated carbocycles. The quantitative estimate of drug-likeness (QED) is 0.677. The summed E-state index contributed by atoms with van der Waals surface area (Å²) < 4.78 is 24.4. The largest absolute Gasteiger partial charge is 0.494 e. The van der Waals surface area contributed by atoms with Gasteiger partial charge < -0.3 is 19.8 Å². The second-order valence-electron chi connectivity index (χ2n) is 7.51. The van der Waals surface area contributed by atoms with E-state index in [0.29, 0.717) is 17.8 Å². The maximum Gasteiger partial charge on any atom is 0.408 e. The molecule has 1 aromatic heterocycles. The summed E-state index contributed by atoms with van der Waals surface area (Å²) in [6, 6.07) is 11.8. The Morgan fingerprint density at radius 1 is 1.25 bits per heavy atom. The first-order chi connectivity index (χ1) is 13.2. The molecule has 0 bridgehead atoms. The minimum atomic E-state index is -0.630. The number of H-pyrrole nitrogens is 1. The molecule has 1 amide bonds. The number of para-hydroxylation sites is 2. The van der Waals surface area contributed by atoms with E-state index in [2.05, 4.69) is 15.3 Å². The molecule has 2 aromatic carbocycles. The van der Waals surface area contributed by atoms with Crippen molar-refractivity contribution in [2.45, 2.75) is 38.8 Å². The third kappa shape index (κ3) is 4.79. The van der Waals surface area contributed by atoms with Gasteiger partial charge in [-0.15, -0.1) is 0 Å². The highest BCUT2D eigenvalue weighted by Gasteiger charge is 2.23. The van der Waals surface area contributed by atoms with Crippen LogP contribution in [-0.4, -0.2) is 28.8 Å². The van der Waals surface area contributed by atoms with Crippen molar-refractivity contribution >= 4 is 17.1 Å². The number of methoxy groups -OCH3 is 1. The second kappa shape index (κ2) is 7.88. The molecule has 1 heterocycles. The number of ether oxygens (including phenoxy) is 2. The van der Waals surface area contributed by atoms with Crippen LogP contribution in [0.2, 0.25) is 0 Å². The Hall–Kier alpha value is -3.09. The number of carbonyl (C=O) groups is 1. The van der Waals surface area contributed by atoms with Gasteiger partial charge in [-0.1, -0.05) is 18.2 Å². The average Bonchev–Trinajstić information content (AvgIpc) is 3.04. The Labute approximate surface area is 163 Å². The number of amides is 1. The molecule has 28 heavy (non-hydrogen) atoms. The van der Waals surface area contributed by atoms with Crippen LogP contribution in [0, 0.1) is 5.82 Å². The summed E-state index contributed by atoms with van der Waals surface area (Å²) in [5.41, 5.74) is 1.71.